The minimum atomic E-state index is 0.0931. The zero-order chi connectivity index (χ0) is 9.19. The summed E-state index contributed by atoms with van der Waals surface area (Å²) in [5.74, 6) is 0. The maximum Gasteiger partial charge on any atom is 0.0833 e. The highest BCUT2D eigenvalue weighted by molar-refractivity contribution is 6.00. The predicted octanol–water partition coefficient (Wildman–Crippen LogP) is 2.75. The zero-order valence-corrected chi connectivity index (χ0v) is 7.83. The van der Waals surface area contributed by atoms with Gasteiger partial charge in [0.05, 0.1) is 5.71 Å². The molecule has 66 valence electrons. The van der Waals surface area contributed by atoms with Crippen molar-refractivity contribution >= 4 is 5.71 Å². The second-order valence-corrected chi connectivity index (χ2v) is 3.92. The van der Waals surface area contributed by atoms with Crippen LogP contribution in [0.1, 0.15) is 27.2 Å². The van der Waals surface area contributed by atoms with Crippen LogP contribution in [-0.4, -0.2) is 10.9 Å². The van der Waals surface area contributed by atoms with Gasteiger partial charge in [-0.05, 0) is 17.9 Å². The highest BCUT2D eigenvalue weighted by Crippen LogP contribution is 2.27. The van der Waals surface area contributed by atoms with Crippen LogP contribution in [0.3, 0.4) is 0 Å². The van der Waals surface area contributed by atoms with Gasteiger partial charge in [-0.1, -0.05) is 37.2 Å². The molecule has 2 heteroatoms. The number of nitrogens with zero attached hydrogens (tertiary/aromatic N) is 1. The van der Waals surface area contributed by atoms with Crippen LogP contribution in [0.5, 0.6) is 0 Å². The number of oxime groups is 1. The first-order valence-corrected chi connectivity index (χ1v) is 4.12. The van der Waals surface area contributed by atoms with Crippen LogP contribution in [0.4, 0.5) is 0 Å². The van der Waals surface area contributed by atoms with Crippen molar-refractivity contribution < 1.29 is 5.21 Å². The fourth-order valence-electron chi connectivity index (χ4n) is 1.29. The van der Waals surface area contributed by atoms with Gasteiger partial charge in [-0.2, -0.15) is 0 Å². The number of rotatable bonds is 0. The fourth-order valence-corrected chi connectivity index (χ4v) is 1.29. The fraction of sp³-hybridized carbons (Fsp3) is 0.500. The van der Waals surface area contributed by atoms with Gasteiger partial charge in [-0.15, -0.1) is 0 Å². The van der Waals surface area contributed by atoms with E-state index in [9.17, 15) is 0 Å². The Bertz CT molecular complexity index is 259. The summed E-state index contributed by atoms with van der Waals surface area (Å²) in [6.45, 7) is 6.21. The molecule has 0 aromatic rings. The summed E-state index contributed by atoms with van der Waals surface area (Å²) in [6, 6.07) is 0. The third kappa shape index (κ3) is 1.97. The average Bonchev–Trinajstić information content (AvgIpc) is 2.10. The van der Waals surface area contributed by atoms with Crippen molar-refractivity contribution in [3.63, 3.8) is 0 Å². The van der Waals surface area contributed by atoms with E-state index in [-0.39, 0.29) is 5.41 Å². The smallest absolute Gasteiger partial charge is 0.0833 e. The number of hydrogen-bond donors (Lipinski definition) is 1. The lowest BCUT2D eigenvalue weighted by Gasteiger charge is -2.18. The molecule has 0 spiro atoms. The highest BCUT2D eigenvalue weighted by Gasteiger charge is 2.20. The average molecular weight is 165 g/mol. The molecule has 0 radical (unpaired) electrons. The Balaban J connectivity index is 2.95. The molecule has 0 heterocycles. The summed E-state index contributed by atoms with van der Waals surface area (Å²) >= 11 is 0. The molecule has 0 aliphatic heterocycles. The van der Waals surface area contributed by atoms with Crippen molar-refractivity contribution in [1.82, 2.24) is 0 Å². The molecule has 1 rings (SSSR count). The van der Waals surface area contributed by atoms with Crippen LogP contribution in [0.25, 0.3) is 0 Å². The minimum Gasteiger partial charge on any atom is -0.411 e. The van der Waals surface area contributed by atoms with Crippen LogP contribution >= 0.6 is 0 Å². The van der Waals surface area contributed by atoms with E-state index >= 15 is 0 Å². The second kappa shape index (κ2) is 3.13. The summed E-state index contributed by atoms with van der Waals surface area (Å²) in [5, 5.41) is 12.0. The SMILES string of the molecule is CC1=CC=CC(C)(C)C/C1=N\O. The van der Waals surface area contributed by atoms with Crippen molar-refractivity contribution in [2.24, 2.45) is 10.6 Å². The third-order valence-corrected chi connectivity index (χ3v) is 2.09. The molecular weight excluding hydrogens is 150 g/mol. The third-order valence-electron chi connectivity index (χ3n) is 2.09. The lowest BCUT2D eigenvalue weighted by Crippen LogP contribution is -2.13. The van der Waals surface area contributed by atoms with Crippen molar-refractivity contribution in [3.05, 3.63) is 23.8 Å². The van der Waals surface area contributed by atoms with E-state index in [0.717, 1.165) is 17.7 Å². The molecule has 0 atom stereocenters. The van der Waals surface area contributed by atoms with E-state index in [2.05, 4.69) is 25.1 Å². The summed E-state index contributed by atoms with van der Waals surface area (Å²) < 4.78 is 0. The van der Waals surface area contributed by atoms with Crippen LogP contribution in [0.15, 0.2) is 29.0 Å². The van der Waals surface area contributed by atoms with Crippen molar-refractivity contribution in [2.75, 3.05) is 0 Å². The Kier molecular flexibility index (Phi) is 2.36. The molecule has 0 aromatic carbocycles. The van der Waals surface area contributed by atoms with Crippen LogP contribution < -0.4 is 0 Å². The number of hydrogen-bond acceptors (Lipinski definition) is 2. The minimum absolute atomic E-state index is 0.0931. The standard InChI is InChI=1S/C10H15NO/c1-8-5-4-6-10(2,3)7-9(8)11-12/h4-6,12H,7H2,1-3H3/b11-9+. The van der Waals surface area contributed by atoms with Gasteiger partial charge in [0.15, 0.2) is 0 Å². The van der Waals surface area contributed by atoms with Gasteiger partial charge in [-0.25, -0.2) is 0 Å². The van der Waals surface area contributed by atoms with Crippen LogP contribution in [0.2, 0.25) is 0 Å². The molecule has 0 bridgehead atoms. The van der Waals surface area contributed by atoms with Crippen molar-refractivity contribution in [3.8, 4) is 0 Å². The molecule has 12 heavy (non-hydrogen) atoms. The zero-order valence-electron chi connectivity index (χ0n) is 7.83. The van der Waals surface area contributed by atoms with Gasteiger partial charge in [0.25, 0.3) is 0 Å². The van der Waals surface area contributed by atoms with E-state index < -0.39 is 0 Å². The Labute approximate surface area is 73.3 Å². The highest BCUT2D eigenvalue weighted by atomic mass is 16.4. The molecule has 0 unspecified atom stereocenters. The van der Waals surface area contributed by atoms with E-state index in [0.29, 0.717) is 0 Å². The topological polar surface area (TPSA) is 32.6 Å². The predicted molar refractivity (Wildman–Crippen MR) is 50.5 cm³/mol. The molecule has 1 N–H and O–H groups in total. The first kappa shape index (κ1) is 9.04. The monoisotopic (exact) mass is 165 g/mol. The molecule has 0 saturated carbocycles. The Morgan fingerprint density at radius 1 is 1.50 bits per heavy atom. The van der Waals surface area contributed by atoms with E-state index in [4.69, 9.17) is 5.21 Å². The summed E-state index contributed by atoms with van der Waals surface area (Å²) in [5.41, 5.74) is 1.92. The Morgan fingerprint density at radius 2 is 2.17 bits per heavy atom. The van der Waals surface area contributed by atoms with Crippen LogP contribution in [-0.2, 0) is 0 Å². The Hall–Kier alpha value is -1.05. The van der Waals surface area contributed by atoms with Crippen molar-refractivity contribution in [2.45, 2.75) is 27.2 Å². The summed E-state index contributed by atoms with van der Waals surface area (Å²) in [6.07, 6.45) is 6.92. The van der Waals surface area contributed by atoms with Gasteiger partial charge in [-0.3, -0.25) is 0 Å². The molecule has 0 amide bonds. The van der Waals surface area contributed by atoms with E-state index in [1.807, 2.05) is 19.1 Å². The number of allylic oxidation sites excluding steroid dienone is 4. The first-order valence-electron chi connectivity index (χ1n) is 4.12. The molecule has 0 saturated heterocycles. The Morgan fingerprint density at radius 3 is 2.75 bits per heavy atom. The molecule has 0 aromatic heterocycles. The quantitative estimate of drug-likeness (QED) is 0.434. The maximum atomic E-state index is 8.74. The van der Waals surface area contributed by atoms with Gasteiger partial charge in [0.2, 0.25) is 0 Å². The second-order valence-electron chi connectivity index (χ2n) is 3.92. The lowest BCUT2D eigenvalue weighted by molar-refractivity contribution is 0.315. The van der Waals surface area contributed by atoms with E-state index in [1.54, 1.807) is 0 Å². The van der Waals surface area contributed by atoms with Crippen LogP contribution in [0, 0.1) is 5.41 Å². The lowest BCUT2D eigenvalue weighted by atomic mass is 9.87. The summed E-state index contributed by atoms with van der Waals surface area (Å²) in [4.78, 5) is 0. The van der Waals surface area contributed by atoms with Gasteiger partial charge in [0.1, 0.15) is 0 Å². The molecular formula is C10H15NO. The molecule has 0 fully saturated rings. The largest absolute Gasteiger partial charge is 0.411 e. The first-order chi connectivity index (χ1) is 5.55. The van der Waals surface area contributed by atoms with E-state index in [1.165, 1.54) is 0 Å². The maximum absolute atomic E-state index is 8.74. The van der Waals surface area contributed by atoms with Gasteiger partial charge >= 0.3 is 0 Å². The molecule has 1 aliphatic rings. The van der Waals surface area contributed by atoms with Gasteiger partial charge < -0.3 is 5.21 Å². The summed E-state index contributed by atoms with van der Waals surface area (Å²) in [7, 11) is 0. The van der Waals surface area contributed by atoms with Gasteiger partial charge in [0, 0.05) is 6.42 Å². The molecule has 2 nitrogen and oxygen atoms in total. The molecule has 1 aliphatic carbocycles. The normalized spacial score (nSPS) is 25.2. The van der Waals surface area contributed by atoms with Crippen molar-refractivity contribution in [1.29, 1.82) is 0 Å².